The number of rotatable bonds is 3. The minimum Gasteiger partial charge on any atom is -0.456 e. The molecule has 3 rings (SSSR count). The van der Waals surface area contributed by atoms with Gasteiger partial charge in [-0.2, -0.15) is 0 Å². The quantitative estimate of drug-likeness (QED) is 0.394. The number of halogens is 1. The van der Waals surface area contributed by atoms with E-state index in [0.717, 1.165) is 19.3 Å². The molecule has 0 atom stereocenters. The monoisotopic (exact) mass is 286 g/mol. The highest BCUT2D eigenvalue weighted by atomic mass is 19.1. The van der Waals surface area contributed by atoms with E-state index >= 15 is 0 Å². The van der Waals surface area contributed by atoms with Gasteiger partial charge in [0.2, 0.25) is 0 Å². The van der Waals surface area contributed by atoms with Gasteiger partial charge in [-0.15, -0.1) is 0 Å². The van der Waals surface area contributed by atoms with Gasteiger partial charge in [-0.1, -0.05) is 17.3 Å². The van der Waals surface area contributed by atoms with E-state index in [1.54, 1.807) is 6.07 Å². The zero-order chi connectivity index (χ0) is 14.8. The highest BCUT2D eigenvalue weighted by Crippen LogP contribution is 2.31. The first-order chi connectivity index (χ1) is 10.2. The van der Waals surface area contributed by atoms with Crippen molar-refractivity contribution in [2.75, 3.05) is 0 Å². The molecule has 0 saturated carbocycles. The van der Waals surface area contributed by atoms with Gasteiger partial charge in [0.15, 0.2) is 5.84 Å². The lowest BCUT2D eigenvalue weighted by Crippen LogP contribution is -2.16. The molecule has 0 saturated heterocycles. The van der Waals surface area contributed by atoms with Gasteiger partial charge in [0, 0.05) is 0 Å². The van der Waals surface area contributed by atoms with Gasteiger partial charge in [-0.05, 0) is 54.7 Å². The van der Waals surface area contributed by atoms with Crippen LogP contribution in [-0.2, 0) is 12.8 Å². The number of oxime groups is 1. The minimum absolute atomic E-state index is 0.0412. The predicted molar refractivity (Wildman–Crippen MR) is 77.5 cm³/mol. The SMILES string of the molecule is NC(=NO)c1c(F)cccc1Oc1ccc2c(c1)CCC2. The van der Waals surface area contributed by atoms with Crippen LogP contribution in [0.3, 0.4) is 0 Å². The summed E-state index contributed by atoms with van der Waals surface area (Å²) in [5.74, 6) is -0.0651. The van der Waals surface area contributed by atoms with E-state index in [1.807, 2.05) is 18.2 Å². The maximum Gasteiger partial charge on any atom is 0.176 e. The maximum absolute atomic E-state index is 13.9. The summed E-state index contributed by atoms with van der Waals surface area (Å²) in [6.45, 7) is 0. The van der Waals surface area contributed by atoms with Crippen molar-refractivity contribution in [3.63, 3.8) is 0 Å². The zero-order valence-electron chi connectivity index (χ0n) is 11.3. The van der Waals surface area contributed by atoms with Gasteiger partial charge in [-0.3, -0.25) is 0 Å². The van der Waals surface area contributed by atoms with Crippen LogP contribution in [0.1, 0.15) is 23.1 Å². The molecule has 0 spiro atoms. The molecule has 0 unspecified atom stereocenters. The molecule has 0 amide bonds. The number of hydrogen-bond donors (Lipinski definition) is 2. The molecule has 0 bridgehead atoms. The molecule has 0 heterocycles. The number of ether oxygens (including phenoxy) is 1. The first-order valence-electron chi connectivity index (χ1n) is 6.75. The van der Waals surface area contributed by atoms with Gasteiger partial charge < -0.3 is 15.7 Å². The van der Waals surface area contributed by atoms with Crippen LogP contribution in [0.5, 0.6) is 11.5 Å². The molecular weight excluding hydrogens is 271 g/mol. The molecule has 5 heteroatoms. The van der Waals surface area contributed by atoms with Crippen LogP contribution in [0.25, 0.3) is 0 Å². The molecule has 108 valence electrons. The molecule has 1 aliphatic carbocycles. The Morgan fingerprint density at radius 3 is 2.81 bits per heavy atom. The number of amidine groups is 1. The standard InChI is InChI=1S/C16H15FN2O2/c17-13-5-2-6-14(15(13)16(18)19-20)21-12-8-7-10-3-1-4-11(10)9-12/h2,5-9,20H,1,3-4H2,(H2,18,19). The third kappa shape index (κ3) is 2.54. The Morgan fingerprint density at radius 1 is 1.19 bits per heavy atom. The molecule has 0 aliphatic heterocycles. The Morgan fingerprint density at radius 2 is 2.00 bits per heavy atom. The molecule has 21 heavy (non-hydrogen) atoms. The fourth-order valence-corrected chi connectivity index (χ4v) is 2.63. The second-order valence-corrected chi connectivity index (χ2v) is 4.98. The number of nitrogens with zero attached hydrogens (tertiary/aromatic N) is 1. The maximum atomic E-state index is 13.9. The number of fused-ring (bicyclic) bond motifs is 1. The minimum atomic E-state index is -0.594. The number of nitrogens with two attached hydrogens (primary N) is 1. The summed E-state index contributed by atoms with van der Waals surface area (Å²) in [5, 5.41) is 11.6. The van der Waals surface area contributed by atoms with E-state index in [-0.39, 0.29) is 17.1 Å². The molecule has 0 aromatic heterocycles. The van der Waals surface area contributed by atoms with Crippen LogP contribution < -0.4 is 10.5 Å². The van der Waals surface area contributed by atoms with E-state index < -0.39 is 5.82 Å². The first-order valence-corrected chi connectivity index (χ1v) is 6.75. The normalized spacial score (nSPS) is 14.0. The summed E-state index contributed by atoms with van der Waals surface area (Å²) >= 11 is 0. The highest BCUT2D eigenvalue weighted by molar-refractivity contribution is 5.99. The first kappa shape index (κ1) is 13.4. The summed E-state index contributed by atoms with van der Waals surface area (Å²) in [6, 6.07) is 10.2. The number of hydrogen-bond acceptors (Lipinski definition) is 3. The third-order valence-corrected chi connectivity index (χ3v) is 3.64. The average molecular weight is 286 g/mol. The molecule has 1 aliphatic rings. The Bertz CT molecular complexity index is 713. The van der Waals surface area contributed by atoms with Crippen LogP contribution in [0.2, 0.25) is 0 Å². The van der Waals surface area contributed by atoms with Crippen LogP contribution in [0, 0.1) is 5.82 Å². The van der Waals surface area contributed by atoms with E-state index in [4.69, 9.17) is 15.7 Å². The van der Waals surface area contributed by atoms with Crippen molar-refractivity contribution in [2.45, 2.75) is 19.3 Å². The number of benzene rings is 2. The molecular formula is C16H15FN2O2. The summed E-state index contributed by atoms with van der Waals surface area (Å²) in [4.78, 5) is 0. The van der Waals surface area contributed by atoms with Crippen molar-refractivity contribution in [3.05, 3.63) is 58.9 Å². The second kappa shape index (κ2) is 5.44. The molecule has 0 fully saturated rings. The van der Waals surface area contributed by atoms with Gasteiger partial charge in [0.25, 0.3) is 0 Å². The lowest BCUT2D eigenvalue weighted by Gasteiger charge is -2.12. The molecule has 2 aromatic carbocycles. The van der Waals surface area contributed by atoms with Crippen LogP contribution >= 0.6 is 0 Å². The van der Waals surface area contributed by atoms with Crippen molar-refractivity contribution in [1.82, 2.24) is 0 Å². The van der Waals surface area contributed by atoms with Crippen molar-refractivity contribution < 1.29 is 14.3 Å². The molecule has 4 nitrogen and oxygen atoms in total. The van der Waals surface area contributed by atoms with Gasteiger partial charge >= 0.3 is 0 Å². The van der Waals surface area contributed by atoms with Crippen LogP contribution in [0.4, 0.5) is 4.39 Å². The van der Waals surface area contributed by atoms with Crippen molar-refractivity contribution in [3.8, 4) is 11.5 Å². The molecule has 2 aromatic rings. The molecule has 0 radical (unpaired) electrons. The van der Waals surface area contributed by atoms with E-state index in [1.165, 1.54) is 23.3 Å². The lowest BCUT2D eigenvalue weighted by molar-refractivity contribution is 0.318. The average Bonchev–Trinajstić information content (AvgIpc) is 2.94. The Labute approximate surface area is 121 Å². The van der Waals surface area contributed by atoms with Crippen LogP contribution in [-0.4, -0.2) is 11.0 Å². The van der Waals surface area contributed by atoms with Gasteiger partial charge in [-0.25, -0.2) is 4.39 Å². The van der Waals surface area contributed by atoms with Gasteiger partial charge in [0.05, 0.1) is 5.56 Å². The summed E-state index contributed by atoms with van der Waals surface area (Å²) in [7, 11) is 0. The summed E-state index contributed by atoms with van der Waals surface area (Å²) in [6.07, 6.45) is 3.27. The van der Waals surface area contributed by atoms with Crippen molar-refractivity contribution in [2.24, 2.45) is 10.9 Å². The number of aryl methyl sites for hydroxylation is 2. The topological polar surface area (TPSA) is 67.8 Å². The predicted octanol–water partition coefficient (Wildman–Crippen LogP) is 3.20. The highest BCUT2D eigenvalue weighted by Gasteiger charge is 2.16. The van der Waals surface area contributed by atoms with E-state index in [0.29, 0.717) is 5.75 Å². The summed E-state index contributed by atoms with van der Waals surface area (Å²) in [5.41, 5.74) is 8.07. The largest absolute Gasteiger partial charge is 0.456 e. The Hall–Kier alpha value is -2.56. The Kier molecular flexibility index (Phi) is 3.48. The zero-order valence-corrected chi connectivity index (χ0v) is 11.3. The molecule has 3 N–H and O–H groups in total. The Balaban J connectivity index is 1.97. The van der Waals surface area contributed by atoms with E-state index in [2.05, 4.69) is 5.16 Å². The van der Waals surface area contributed by atoms with Crippen molar-refractivity contribution >= 4 is 5.84 Å². The van der Waals surface area contributed by atoms with Crippen LogP contribution in [0.15, 0.2) is 41.6 Å². The smallest absolute Gasteiger partial charge is 0.176 e. The third-order valence-electron chi connectivity index (χ3n) is 3.64. The van der Waals surface area contributed by atoms with E-state index in [9.17, 15) is 4.39 Å². The summed E-state index contributed by atoms with van der Waals surface area (Å²) < 4.78 is 19.6. The lowest BCUT2D eigenvalue weighted by atomic mass is 10.1. The fraction of sp³-hybridized carbons (Fsp3) is 0.188. The second-order valence-electron chi connectivity index (χ2n) is 4.98. The van der Waals surface area contributed by atoms with Gasteiger partial charge in [0.1, 0.15) is 17.3 Å². The fourth-order valence-electron chi connectivity index (χ4n) is 2.63. The van der Waals surface area contributed by atoms with Crippen molar-refractivity contribution in [1.29, 1.82) is 0 Å².